The number of nitrogens with one attached hydrogen (secondary N) is 2. The van der Waals surface area contributed by atoms with E-state index in [9.17, 15) is 9.59 Å². The second kappa shape index (κ2) is 6.34. The molecule has 1 spiro atoms. The molecule has 2 aliphatic heterocycles. The molecule has 2 amide bonds. The first-order chi connectivity index (χ1) is 13.9. The molecular weight excluding hydrogens is 411 g/mol. The fourth-order valence-corrected chi connectivity index (χ4v) is 4.65. The van der Waals surface area contributed by atoms with E-state index in [0.717, 1.165) is 5.56 Å². The lowest BCUT2D eigenvalue weighted by Crippen LogP contribution is -2.44. The molecule has 1 aromatic heterocycles. The van der Waals surface area contributed by atoms with E-state index >= 15 is 0 Å². The van der Waals surface area contributed by atoms with Crippen LogP contribution >= 0.6 is 23.2 Å². The van der Waals surface area contributed by atoms with Gasteiger partial charge in [-0.25, -0.2) is 4.68 Å². The van der Waals surface area contributed by atoms with Gasteiger partial charge in [0.1, 0.15) is 11.2 Å². The largest absolute Gasteiger partial charge is 0.325 e. The number of aryl methyl sites for hydroxylation is 1. The summed E-state index contributed by atoms with van der Waals surface area (Å²) < 4.78 is 1.72. The van der Waals surface area contributed by atoms with Crippen LogP contribution in [0, 0.1) is 6.92 Å². The van der Waals surface area contributed by atoms with Crippen molar-refractivity contribution in [3.8, 4) is 0 Å². The first-order valence-electron chi connectivity index (χ1n) is 9.12. The molecule has 0 saturated heterocycles. The zero-order chi connectivity index (χ0) is 20.3. The molecule has 1 unspecified atom stereocenters. The van der Waals surface area contributed by atoms with Crippen molar-refractivity contribution in [2.24, 2.45) is 0 Å². The highest BCUT2D eigenvalue weighted by Crippen LogP contribution is 2.51. The Morgan fingerprint density at radius 3 is 2.55 bits per heavy atom. The van der Waals surface area contributed by atoms with Gasteiger partial charge in [0.2, 0.25) is 11.8 Å². The summed E-state index contributed by atoms with van der Waals surface area (Å²) >= 11 is 12.2. The first kappa shape index (κ1) is 18.2. The van der Waals surface area contributed by atoms with Crippen molar-refractivity contribution < 1.29 is 9.59 Å². The number of nitrogens with zero attached hydrogens (tertiary/aromatic N) is 2. The number of fused-ring (bicyclic) bond motifs is 4. The predicted octanol–water partition coefficient (Wildman–Crippen LogP) is 4.13. The summed E-state index contributed by atoms with van der Waals surface area (Å²) in [5, 5.41) is 11.6. The number of carbonyl (C=O) groups is 2. The molecule has 1 atom stereocenters. The van der Waals surface area contributed by atoms with Crippen LogP contribution in [0.15, 0.2) is 42.5 Å². The zero-order valence-corrected chi connectivity index (χ0v) is 16.9. The van der Waals surface area contributed by atoms with E-state index in [1.165, 1.54) is 0 Å². The third-order valence-electron chi connectivity index (χ3n) is 5.56. The maximum absolute atomic E-state index is 13.2. The van der Waals surface area contributed by atoms with Gasteiger partial charge in [-0.05, 0) is 48.4 Å². The predicted molar refractivity (Wildman–Crippen MR) is 112 cm³/mol. The van der Waals surface area contributed by atoms with Crippen LogP contribution in [0.25, 0.3) is 0 Å². The standard InChI is InChI=1S/C21H16Cl2N4O2/c1-11-18-19(27(26-11)10-12-2-4-13(22)5-3-12)25-17(28)9-21(18)15-8-14(23)6-7-16(15)24-20(21)29/h2-8H,9-10H2,1H3,(H,24,29)(H,25,28). The average Bonchev–Trinajstić information content (AvgIpc) is 3.12. The van der Waals surface area contributed by atoms with Gasteiger partial charge in [0.25, 0.3) is 0 Å². The number of hydrogen-bond donors (Lipinski definition) is 2. The molecule has 6 nitrogen and oxygen atoms in total. The Morgan fingerprint density at radius 2 is 1.79 bits per heavy atom. The van der Waals surface area contributed by atoms with Crippen molar-refractivity contribution in [1.82, 2.24) is 9.78 Å². The molecule has 3 aromatic rings. The Kier molecular flexibility index (Phi) is 3.98. The monoisotopic (exact) mass is 426 g/mol. The summed E-state index contributed by atoms with van der Waals surface area (Å²) in [6.07, 6.45) is 0.00660. The van der Waals surface area contributed by atoms with Gasteiger partial charge < -0.3 is 10.6 Å². The van der Waals surface area contributed by atoms with Crippen LogP contribution in [0.1, 0.15) is 28.8 Å². The molecule has 3 heterocycles. The SMILES string of the molecule is Cc1nn(Cc2ccc(Cl)cc2)c2c1C1(CC(=O)N2)C(=O)Nc2ccc(Cl)cc21. The highest BCUT2D eigenvalue weighted by atomic mass is 35.5. The van der Waals surface area contributed by atoms with Crippen molar-refractivity contribution in [2.45, 2.75) is 25.3 Å². The van der Waals surface area contributed by atoms with Crippen LogP contribution in [0.4, 0.5) is 11.5 Å². The fraction of sp³-hybridized carbons (Fsp3) is 0.190. The fourth-order valence-electron chi connectivity index (χ4n) is 4.36. The minimum absolute atomic E-state index is 0.00660. The Hall–Kier alpha value is -2.83. The molecule has 2 aromatic carbocycles. The molecule has 0 fully saturated rings. The van der Waals surface area contributed by atoms with Crippen molar-refractivity contribution in [3.63, 3.8) is 0 Å². The van der Waals surface area contributed by atoms with E-state index in [1.807, 2.05) is 31.2 Å². The number of hydrogen-bond acceptors (Lipinski definition) is 3. The lowest BCUT2D eigenvalue weighted by molar-refractivity contribution is -0.125. The Balaban J connectivity index is 1.70. The van der Waals surface area contributed by atoms with Crippen molar-refractivity contribution >= 4 is 46.5 Å². The summed E-state index contributed by atoms with van der Waals surface area (Å²) in [5.41, 5.74) is 2.62. The first-order valence-corrected chi connectivity index (χ1v) is 9.88. The second-order valence-electron chi connectivity index (χ2n) is 7.37. The molecule has 0 aliphatic carbocycles. The highest BCUT2D eigenvalue weighted by Gasteiger charge is 2.55. The minimum Gasteiger partial charge on any atom is -0.325 e. The normalized spacial score (nSPS) is 19.7. The van der Waals surface area contributed by atoms with Gasteiger partial charge >= 0.3 is 0 Å². The minimum atomic E-state index is -1.14. The number of benzene rings is 2. The number of rotatable bonds is 2. The van der Waals surface area contributed by atoms with E-state index in [0.29, 0.717) is 44.9 Å². The second-order valence-corrected chi connectivity index (χ2v) is 8.24. The third kappa shape index (κ3) is 2.67. The molecule has 0 radical (unpaired) electrons. The lowest BCUT2D eigenvalue weighted by Gasteiger charge is -2.32. The smallest absolute Gasteiger partial charge is 0.240 e. The molecule has 2 N–H and O–H groups in total. The van der Waals surface area contributed by atoms with Gasteiger partial charge in [-0.15, -0.1) is 0 Å². The summed E-state index contributed by atoms with van der Waals surface area (Å²) in [4.78, 5) is 25.9. The highest BCUT2D eigenvalue weighted by molar-refractivity contribution is 6.31. The third-order valence-corrected chi connectivity index (χ3v) is 6.05. The Morgan fingerprint density at radius 1 is 1.07 bits per heavy atom. The van der Waals surface area contributed by atoms with Crippen LogP contribution in [-0.4, -0.2) is 21.6 Å². The molecule has 2 aliphatic rings. The number of halogens is 2. The zero-order valence-electron chi connectivity index (χ0n) is 15.4. The molecule has 0 bridgehead atoms. The van der Waals surface area contributed by atoms with E-state index in [4.69, 9.17) is 23.2 Å². The Bertz CT molecular complexity index is 1190. The number of anilines is 2. The van der Waals surface area contributed by atoms with Crippen molar-refractivity contribution in [2.75, 3.05) is 10.6 Å². The van der Waals surface area contributed by atoms with Crippen LogP contribution in [-0.2, 0) is 21.5 Å². The molecule has 0 saturated carbocycles. The van der Waals surface area contributed by atoms with Gasteiger partial charge in [-0.3, -0.25) is 9.59 Å². The maximum atomic E-state index is 13.2. The summed E-state index contributed by atoms with van der Waals surface area (Å²) in [6, 6.07) is 12.7. The average molecular weight is 427 g/mol. The Labute approximate surface area is 176 Å². The van der Waals surface area contributed by atoms with Gasteiger partial charge in [0, 0.05) is 27.7 Å². The summed E-state index contributed by atoms with van der Waals surface area (Å²) in [6.45, 7) is 2.29. The van der Waals surface area contributed by atoms with Crippen molar-refractivity contribution in [1.29, 1.82) is 0 Å². The molecule has 146 valence electrons. The maximum Gasteiger partial charge on any atom is 0.240 e. The quantitative estimate of drug-likeness (QED) is 0.646. The van der Waals surface area contributed by atoms with Crippen molar-refractivity contribution in [3.05, 3.63) is 74.9 Å². The van der Waals surface area contributed by atoms with Gasteiger partial charge in [-0.2, -0.15) is 5.10 Å². The number of carbonyl (C=O) groups excluding carboxylic acids is 2. The van der Waals surface area contributed by atoms with Crippen LogP contribution < -0.4 is 10.6 Å². The summed E-state index contributed by atoms with van der Waals surface area (Å²) in [7, 11) is 0. The van der Waals surface area contributed by atoms with Gasteiger partial charge in [0.05, 0.1) is 12.2 Å². The molecule has 29 heavy (non-hydrogen) atoms. The van der Waals surface area contributed by atoms with Gasteiger partial charge in [-0.1, -0.05) is 35.3 Å². The number of amides is 2. The molecule has 5 rings (SSSR count). The number of aromatic nitrogens is 2. The van der Waals surface area contributed by atoms with Crippen LogP contribution in [0.5, 0.6) is 0 Å². The molecule has 8 heteroatoms. The van der Waals surface area contributed by atoms with Gasteiger partial charge in [0.15, 0.2) is 0 Å². The van der Waals surface area contributed by atoms with E-state index in [1.54, 1.807) is 22.9 Å². The van der Waals surface area contributed by atoms with E-state index in [-0.39, 0.29) is 18.2 Å². The van der Waals surface area contributed by atoms with Crippen LogP contribution in [0.2, 0.25) is 10.0 Å². The van der Waals surface area contributed by atoms with E-state index < -0.39 is 5.41 Å². The van der Waals surface area contributed by atoms with E-state index in [2.05, 4.69) is 15.7 Å². The lowest BCUT2D eigenvalue weighted by atomic mass is 9.71. The summed E-state index contributed by atoms with van der Waals surface area (Å²) in [5.74, 6) is 0.0643. The van der Waals surface area contributed by atoms with Crippen LogP contribution in [0.3, 0.4) is 0 Å². The topological polar surface area (TPSA) is 76.0 Å². The molecular formula is C21H16Cl2N4O2.